The van der Waals surface area contributed by atoms with Crippen LogP contribution in [-0.4, -0.2) is 25.3 Å². The Morgan fingerprint density at radius 1 is 1.18 bits per heavy atom. The molecule has 0 heterocycles. The first kappa shape index (κ1) is 14.2. The maximum Gasteiger partial charge on any atom is 0.0750 e. The van der Waals surface area contributed by atoms with Crippen molar-refractivity contribution in [3.63, 3.8) is 0 Å². The Morgan fingerprint density at radius 2 is 1.88 bits per heavy atom. The zero-order valence-corrected chi connectivity index (χ0v) is 11.3. The minimum atomic E-state index is -0.0541. The van der Waals surface area contributed by atoms with Crippen LogP contribution in [0.2, 0.25) is 0 Å². The minimum Gasteiger partial charge on any atom is -0.375 e. The molecule has 1 rings (SSSR count). The summed E-state index contributed by atoms with van der Waals surface area (Å²) in [5, 5.41) is 3.46. The molecule has 0 aromatic heterocycles. The molecule has 0 unspecified atom stereocenters. The van der Waals surface area contributed by atoms with Crippen LogP contribution in [-0.2, 0) is 11.2 Å². The van der Waals surface area contributed by atoms with Gasteiger partial charge in [0.2, 0.25) is 0 Å². The monoisotopic (exact) mass is 235 g/mol. The van der Waals surface area contributed by atoms with Crippen LogP contribution >= 0.6 is 0 Å². The normalized spacial score (nSPS) is 11.7. The molecule has 0 spiro atoms. The Bertz CT molecular complexity index is 295. The summed E-state index contributed by atoms with van der Waals surface area (Å²) < 4.78 is 5.63. The third-order valence-corrected chi connectivity index (χ3v) is 2.75. The van der Waals surface area contributed by atoms with Gasteiger partial charge < -0.3 is 10.1 Å². The minimum absolute atomic E-state index is 0.0541. The highest BCUT2D eigenvalue weighted by Gasteiger charge is 2.16. The molecule has 1 N–H and O–H groups in total. The van der Waals surface area contributed by atoms with E-state index in [1.165, 1.54) is 12.0 Å². The molecule has 1 aromatic carbocycles. The molecule has 0 amide bonds. The lowest BCUT2D eigenvalue weighted by Crippen LogP contribution is -2.38. The second-order valence-electron chi connectivity index (χ2n) is 4.96. The number of hydrogen-bond acceptors (Lipinski definition) is 2. The molecular weight excluding hydrogens is 210 g/mol. The molecule has 0 saturated heterocycles. The van der Waals surface area contributed by atoms with E-state index in [4.69, 9.17) is 4.74 Å². The molecule has 2 nitrogen and oxygen atoms in total. The molecule has 96 valence electrons. The van der Waals surface area contributed by atoms with Crippen molar-refractivity contribution in [2.45, 2.75) is 39.2 Å². The number of rotatable bonds is 8. The van der Waals surface area contributed by atoms with Crippen LogP contribution in [0.4, 0.5) is 0 Å². The summed E-state index contributed by atoms with van der Waals surface area (Å²) in [6.45, 7) is 9.03. The summed E-state index contributed by atoms with van der Waals surface area (Å²) in [7, 11) is 0. The van der Waals surface area contributed by atoms with E-state index in [0.29, 0.717) is 0 Å². The lowest BCUT2D eigenvalue weighted by atomic mass is 10.1. The predicted octanol–water partition coefficient (Wildman–Crippen LogP) is 3.02. The smallest absolute Gasteiger partial charge is 0.0750 e. The van der Waals surface area contributed by atoms with E-state index in [2.05, 4.69) is 49.5 Å². The van der Waals surface area contributed by atoms with Gasteiger partial charge in [0.1, 0.15) is 0 Å². The van der Waals surface area contributed by atoms with Gasteiger partial charge in [0, 0.05) is 13.2 Å². The first-order valence-corrected chi connectivity index (χ1v) is 6.52. The molecule has 17 heavy (non-hydrogen) atoms. The zero-order chi connectivity index (χ0) is 12.6. The topological polar surface area (TPSA) is 21.3 Å². The van der Waals surface area contributed by atoms with Gasteiger partial charge in [-0.1, -0.05) is 30.3 Å². The number of benzene rings is 1. The van der Waals surface area contributed by atoms with Crippen LogP contribution in [0.5, 0.6) is 0 Å². The average molecular weight is 235 g/mol. The number of hydrogen-bond donors (Lipinski definition) is 1. The Balaban J connectivity index is 2.09. The van der Waals surface area contributed by atoms with E-state index in [1.807, 2.05) is 6.92 Å². The lowest BCUT2D eigenvalue weighted by molar-refractivity contribution is -0.00865. The van der Waals surface area contributed by atoms with E-state index >= 15 is 0 Å². The molecule has 0 atom stereocenters. The van der Waals surface area contributed by atoms with Gasteiger partial charge in [-0.15, -0.1) is 0 Å². The zero-order valence-electron chi connectivity index (χ0n) is 11.3. The van der Waals surface area contributed by atoms with Crippen LogP contribution in [0.25, 0.3) is 0 Å². The van der Waals surface area contributed by atoms with Crippen LogP contribution in [0.15, 0.2) is 30.3 Å². The van der Waals surface area contributed by atoms with Crippen molar-refractivity contribution in [1.29, 1.82) is 0 Å². The quantitative estimate of drug-likeness (QED) is 0.699. The van der Waals surface area contributed by atoms with Crippen molar-refractivity contribution in [2.75, 3.05) is 19.7 Å². The van der Waals surface area contributed by atoms with Gasteiger partial charge in [0.15, 0.2) is 0 Å². The van der Waals surface area contributed by atoms with Crippen molar-refractivity contribution >= 4 is 0 Å². The fraction of sp³-hybridized carbons (Fsp3) is 0.600. The number of ether oxygens (including phenoxy) is 1. The van der Waals surface area contributed by atoms with Gasteiger partial charge in [-0.05, 0) is 45.7 Å². The fourth-order valence-electron chi connectivity index (χ4n) is 1.89. The number of nitrogens with one attached hydrogen (secondary N) is 1. The van der Waals surface area contributed by atoms with Crippen LogP contribution in [0.1, 0.15) is 32.8 Å². The van der Waals surface area contributed by atoms with Crippen molar-refractivity contribution in [3.8, 4) is 0 Å². The summed E-state index contributed by atoms with van der Waals surface area (Å²) >= 11 is 0. The van der Waals surface area contributed by atoms with Gasteiger partial charge in [-0.3, -0.25) is 0 Å². The molecule has 0 fully saturated rings. The van der Waals surface area contributed by atoms with Crippen molar-refractivity contribution in [3.05, 3.63) is 35.9 Å². The van der Waals surface area contributed by atoms with Gasteiger partial charge in [-0.2, -0.15) is 0 Å². The third kappa shape index (κ3) is 6.44. The van der Waals surface area contributed by atoms with E-state index in [9.17, 15) is 0 Å². The van der Waals surface area contributed by atoms with Crippen molar-refractivity contribution in [1.82, 2.24) is 5.32 Å². The molecule has 0 bridgehead atoms. The van der Waals surface area contributed by atoms with E-state index in [1.54, 1.807) is 0 Å². The molecule has 0 radical (unpaired) electrons. The second-order valence-corrected chi connectivity index (χ2v) is 4.96. The SMILES string of the molecule is CCOC(C)(C)CNCCCc1ccccc1. The molecular formula is C15H25NO. The molecule has 0 aliphatic rings. The highest BCUT2D eigenvalue weighted by Crippen LogP contribution is 2.07. The van der Waals surface area contributed by atoms with Crippen LogP contribution in [0.3, 0.4) is 0 Å². The maximum atomic E-state index is 5.63. The number of aryl methyl sites for hydroxylation is 1. The molecule has 0 aliphatic carbocycles. The standard InChI is InChI=1S/C15H25NO/c1-4-17-15(2,3)13-16-12-8-11-14-9-6-5-7-10-14/h5-7,9-10,16H,4,8,11-13H2,1-3H3. The van der Waals surface area contributed by atoms with Gasteiger partial charge >= 0.3 is 0 Å². The summed E-state index contributed by atoms with van der Waals surface area (Å²) in [6.07, 6.45) is 2.31. The molecule has 0 aliphatic heterocycles. The van der Waals surface area contributed by atoms with Gasteiger partial charge in [-0.25, -0.2) is 0 Å². The van der Waals surface area contributed by atoms with Crippen LogP contribution < -0.4 is 5.32 Å². The maximum absolute atomic E-state index is 5.63. The Hall–Kier alpha value is -0.860. The second kappa shape index (κ2) is 7.46. The summed E-state index contributed by atoms with van der Waals surface area (Å²) in [6, 6.07) is 10.6. The van der Waals surface area contributed by atoms with E-state index in [0.717, 1.165) is 26.1 Å². The fourth-order valence-corrected chi connectivity index (χ4v) is 1.89. The Morgan fingerprint density at radius 3 is 2.53 bits per heavy atom. The summed E-state index contributed by atoms with van der Waals surface area (Å²) in [5.41, 5.74) is 1.36. The van der Waals surface area contributed by atoms with Crippen molar-refractivity contribution < 1.29 is 4.74 Å². The largest absolute Gasteiger partial charge is 0.375 e. The summed E-state index contributed by atoms with van der Waals surface area (Å²) in [5.74, 6) is 0. The van der Waals surface area contributed by atoms with Gasteiger partial charge in [0.25, 0.3) is 0 Å². The Labute approximate surface area is 105 Å². The summed E-state index contributed by atoms with van der Waals surface area (Å²) in [4.78, 5) is 0. The van der Waals surface area contributed by atoms with Gasteiger partial charge in [0.05, 0.1) is 5.60 Å². The van der Waals surface area contributed by atoms with Crippen molar-refractivity contribution in [2.24, 2.45) is 0 Å². The first-order valence-electron chi connectivity index (χ1n) is 6.52. The first-order chi connectivity index (χ1) is 8.14. The average Bonchev–Trinajstić information content (AvgIpc) is 2.30. The highest BCUT2D eigenvalue weighted by atomic mass is 16.5. The highest BCUT2D eigenvalue weighted by molar-refractivity contribution is 5.14. The molecule has 1 aromatic rings. The lowest BCUT2D eigenvalue weighted by Gasteiger charge is -2.25. The predicted molar refractivity (Wildman–Crippen MR) is 73.3 cm³/mol. The third-order valence-electron chi connectivity index (χ3n) is 2.75. The molecule has 2 heteroatoms. The Kier molecular flexibility index (Phi) is 6.23. The van der Waals surface area contributed by atoms with E-state index in [-0.39, 0.29) is 5.60 Å². The van der Waals surface area contributed by atoms with E-state index < -0.39 is 0 Å². The van der Waals surface area contributed by atoms with Crippen LogP contribution in [0, 0.1) is 0 Å². The molecule has 0 saturated carbocycles.